The number of aromatic nitrogens is 4. The molecule has 0 saturated carbocycles. The maximum absolute atomic E-state index is 5.87. The molecule has 3 heterocycles. The second-order valence-electron chi connectivity index (χ2n) is 7.65. The Kier molecular flexibility index (Phi) is 5.88. The van der Waals surface area contributed by atoms with Gasteiger partial charge in [-0.3, -0.25) is 0 Å². The van der Waals surface area contributed by atoms with Gasteiger partial charge in [-0.25, -0.2) is 0 Å². The Balaban J connectivity index is 1.25. The zero-order valence-corrected chi connectivity index (χ0v) is 19.6. The Labute approximate surface area is 193 Å². The standard InChI is InChI=1S/C22H22N4O4S2/c1-12-4-7-17-14(8-12)10-18(32-17)21-24-25-22(29-21)31-11-19-23-20(26-30-19)13-5-6-15(27-2)16(9-13)28-3/h5-6,9-10,12H,4,7-8,11H2,1-3H3. The van der Waals surface area contributed by atoms with Crippen LogP contribution in [0.3, 0.4) is 0 Å². The van der Waals surface area contributed by atoms with E-state index in [2.05, 4.69) is 33.3 Å². The summed E-state index contributed by atoms with van der Waals surface area (Å²) in [6.45, 7) is 2.30. The Morgan fingerprint density at radius 2 is 2.03 bits per heavy atom. The average Bonchev–Trinajstić information content (AvgIpc) is 3.56. The van der Waals surface area contributed by atoms with Crippen molar-refractivity contribution in [2.45, 2.75) is 37.2 Å². The molecule has 4 aromatic rings. The van der Waals surface area contributed by atoms with Crippen molar-refractivity contribution in [3.8, 4) is 33.7 Å². The van der Waals surface area contributed by atoms with Gasteiger partial charge in [0.25, 0.3) is 11.1 Å². The number of benzene rings is 1. The molecule has 0 N–H and O–H groups in total. The number of thiophene rings is 1. The van der Waals surface area contributed by atoms with E-state index in [1.807, 2.05) is 18.2 Å². The van der Waals surface area contributed by atoms with Gasteiger partial charge >= 0.3 is 0 Å². The lowest BCUT2D eigenvalue weighted by atomic mass is 9.90. The van der Waals surface area contributed by atoms with Gasteiger partial charge in [-0.2, -0.15) is 4.98 Å². The summed E-state index contributed by atoms with van der Waals surface area (Å²) in [5.74, 6) is 3.93. The van der Waals surface area contributed by atoms with Gasteiger partial charge in [0.2, 0.25) is 11.7 Å². The monoisotopic (exact) mass is 470 g/mol. The number of hydrogen-bond donors (Lipinski definition) is 0. The quantitative estimate of drug-likeness (QED) is 0.334. The molecule has 166 valence electrons. The summed E-state index contributed by atoms with van der Waals surface area (Å²) in [5.41, 5.74) is 2.20. The molecule has 32 heavy (non-hydrogen) atoms. The number of hydrogen-bond acceptors (Lipinski definition) is 10. The van der Waals surface area contributed by atoms with E-state index in [4.69, 9.17) is 18.4 Å². The first kappa shape index (κ1) is 21.0. The minimum absolute atomic E-state index is 0.431. The van der Waals surface area contributed by atoms with Gasteiger partial charge in [0.05, 0.1) is 24.8 Å². The summed E-state index contributed by atoms with van der Waals surface area (Å²) in [6, 6.07) is 7.67. The van der Waals surface area contributed by atoms with Crippen molar-refractivity contribution in [2.24, 2.45) is 5.92 Å². The average molecular weight is 471 g/mol. The third-order valence-corrected chi connectivity index (χ3v) is 7.40. The highest BCUT2D eigenvalue weighted by Crippen LogP contribution is 2.37. The van der Waals surface area contributed by atoms with Crippen LogP contribution in [0, 0.1) is 5.92 Å². The molecule has 0 spiro atoms. The molecule has 0 radical (unpaired) electrons. The molecule has 0 fully saturated rings. The zero-order chi connectivity index (χ0) is 22.1. The molecule has 0 saturated heterocycles. The van der Waals surface area contributed by atoms with Gasteiger partial charge in [0, 0.05) is 10.4 Å². The highest BCUT2D eigenvalue weighted by atomic mass is 32.2. The van der Waals surface area contributed by atoms with E-state index in [9.17, 15) is 0 Å². The fraction of sp³-hybridized carbons (Fsp3) is 0.364. The van der Waals surface area contributed by atoms with E-state index < -0.39 is 0 Å². The van der Waals surface area contributed by atoms with Crippen molar-refractivity contribution in [1.82, 2.24) is 20.3 Å². The molecule has 0 amide bonds. The van der Waals surface area contributed by atoms with Crippen LogP contribution in [0.15, 0.2) is 38.4 Å². The SMILES string of the molecule is COc1ccc(-c2noc(CSc3nnc(-c4cc5c(s4)CCC(C)C5)o3)n2)cc1OC. The van der Waals surface area contributed by atoms with Crippen molar-refractivity contribution < 1.29 is 18.4 Å². The van der Waals surface area contributed by atoms with E-state index in [1.165, 1.54) is 28.6 Å². The van der Waals surface area contributed by atoms with E-state index in [0.717, 1.165) is 29.2 Å². The Morgan fingerprint density at radius 1 is 1.16 bits per heavy atom. The second-order valence-corrected chi connectivity index (χ2v) is 9.71. The number of rotatable bonds is 7. The summed E-state index contributed by atoms with van der Waals surface area (Å²) < 4.78 is 21.9. The zero-order valence-electron chi connectivity index (χ0n) is 18.0. The van der Waals surface area contributed by atoms with Crippen LogP contribution in [0.2, 0.25) is 0 Å². The number of ether oxygens (including phenoxy) is 2. The summed E-state index contributed by atoms with van der Waals surface area (Å²) in [6.07, 6.45) is 3.50. The van der Waals surface area contributed by atoms with Crippen molar-refractivity contribution in [3.05, 3.63) is 40.6 Å². The number of thioether (sulfide) groups is 1. The lowest BCUT2D eigenvalue weighted by Gasteiger charge is -2.16. The third-order valence-electron chi connectivity index (χ3n) is 5.38. The molecule has 3 aromatic heterocycles. The lowest BCUT2D eigenvalue weighted by Crippen LogP contribution is -2.07. The second kappa shape index (κ2) is 8.95. The number of fused-ring (bicyclic) bond motifs is 1. The fourth-order valence-electron chi connectivity index (χ4n) is 3.71. The summed E-state index contributed by atoms with van der Waals surface area (Å²) >= 11 is 3.13. The molecule has 1 unspecified atom stereocenters. The number of aryl methyl sites for hydroxylation is 1. The van der Waals surface area contributed by atoms with Gasteiger partial charge in [-0.15, -0.1) is 21.5 Å². The molecule has 0 aliphatic heterocycles. The number of methoxy groups -OCH3 is 2. The van der Waals surface area contributed by atoms with Crippen LogP contribution in [-0.4, -0.2) is 34.6 Å². The van der Waals surface area contributed by atoms with Gasteiger partial charge < -0.3 is 18.4 Å². The molecule has 5 rings (SSSR count). The molecule has 0 bridgehead atoms. The molecule has 10 heteroatoms. The Bertz CT molecular complexity index is 1230. The number of nitrogens with zero attached hydrogens (tertiary/aromatic N) is 4. The van der Waals surface area contributed by atoms with E-state index >= 15 is 0 Å². The van der Waals surface area contributed by atoms with E-state index in [0.29, 0.717) is 40.1 Å². The van der Waals surface area contributed by atoms with Gasteiger partial charge in [-0.05, 0) is 55.0 Å². The van der Waals surface area contributed by atoms with E-state index in [1.54, 1.807) is 25.6 Å². The summed E-state index contributed by atoms with van der Waals surface area (Å²) in [5, 5.41) is 12.9. The summed E-state index contributed by atoms with van der Waals surface area (Å²) in [7, 11) is 3.18. The van der Waals surface area contributed by atoms with Crippen LogP contribution in [0.5, 0.6) is 11.5 Å². The maximum Gasteiger partial charge on any atom is 0.277 e. The normalized spacial score (nSPS) is 15.5. The van der Waals surface area contributed by atoms with Gasteiger partial charge in [-0.1, -0.05) is 23.8 Å². The minimum atomic E-state index is 0.431. The van der Waals surface area contributed by atoms with Gasteiger partial charge in [0.1, 0.15) is 0 Å². The van der Waals surface area contributed by atoms with Crippen LogP contribution >= 0.6 is 23.1 Å². The highest BCUT2D eigenvalue weighted by molar-refractivity contribution is 7.98. The maximum atomic E-state index is 5.87. The van der Waals surface area contributed by atoms with Crippen molar-refractivity contribution >= 4 is 23.1 Å². The molecule has 1 aliphatic rings. The molecule has 1 aromatic carbocycles. The molecule has 8 nitrogen and oxygen atoms in total. The predicted octanol–water partition coefficient (Wildman–Crippen LogP) is 5.28. The summed E-state index contributed by atoms with van der Waals surface area (Å²) in [4.78, 5) is 6.94. The Hall–Kier alpha value is -2.85. The van der Waals surface area contributed by atoms with Crippen LogP contribution in [0.25, 0.3) is 22.2 Å². The van der Waals surface area contributed by atoms with Crippen LogP contribution in [0.4, 0.5) is 0 Å². The molecular formula is C22H22N4O4S2. The highest BCUT2D eigenvalue weighted by Gasteiger charge is 2.21. The Morgan fingerprint density at radius 3 is 2.88 bits per heavy atom. The topological polar surface area (TPSA) is 96.3 Å². The lowest BCUT2D eigenvalue weighted by molar-refractivity contribution is 0.355. The third kappa shape index (κ3) is 4.24. The van der Waals surface area contributed by atoms with Crippen molar-refractivity contribution in [3.63, 3.8) is 0 Å². The van der Waals surface area contributed by atoms with Crippen LogP contribution in [0.1, 0.15) is 29.7 Å². The minimum Gasteiger partial charge on any atom is -0.493 e. The smallest absolute Gasteiger partial charge is 0.277 e. The molecule has 1 atom stereocenters. The first-order chi connectivity index (χ1) is 15.6. The first-order valence-electron chi connectivity index (χ1n) is 10.3. The molecule has 1 aliphatic carbocycles. The molecular weight excluding hydrogens is 448 g/mol. The van der Waals surface area contributed by atoms with Crippen LogP contribution < -0.4 is 9.47 Å². The van der Waals surface area contributed by atoms with Gasteiger partial charge in [0.15, 0.2) is 11.5 Å². The fourth-order valence-corrected chi connectivity index (χ4v) is 5.44. The van der Waals surface area contributed by atoms with E-state index in [-0.39, 0.29) is 0 Å². The van der Waals surface area contributed by atoms with Crippen molar-refractivity contribution in [2.75, 3.05) is 14.2 Å². The largest absolute Gasteiger partial charge is 0.493 e. The predicted molar refractivity (Wildman–Crippen MR) is 121 cm³/mol. The van der Waals surface area contributed by atoms with Crippen LogP contribution in [-0.2, 0) is 18.6 Å². The first-order valence-corrected chi connectivity index (χ1v) is 12.1. The van der Waals surface area contributed by atoms with Crippen molar-refractivity contribution in [1.29, 1.82) is 0 Å².